The minimum Gasteiger partial charge on any atom is -0.481 e. The summed E-state index contributed by atoms with van der Waals surface area (Å²) < 4.78 is 0. The average molecular weight is 261 g/mol. The number of carboxylic acid groups (broad SMARTS) is 1. The van der Waals surface area contributed by atoms with Crippen molar-refractivity contribution in [2.45, 2.75) is 44.6 Å². The second-order valence-electron chi connectivity index (χ2n) is 5.44. The van der Waals surface area contributed by atoms with Gasteiger partial charge in [0, 0.05) is 6.04 Å². The quantitative estimate of drug-likeness (QED) is 0.774. The molecule has 104 valence electrons. The fraction of sp³-hybridized carbons (Fsp3) is 0.562. The molecular formula is C16H23NO2. The predicted molar refractivity (Wildman–Crippen MR) is 76.1 cm³/mol. The van der Waals surface area contributed by atoms with Crippen LogP contribution in [0.1, 0.15) is 37.7 Å². The van der Waals surface area contributed by atoms with E-state index in [9.17, 15) is 4.79 Å². The SMILES string of the molecule is O=C(O)C1CCCC(NCCCc2ccccc2)C1. The van der Waals surface area contributed by atoms with E-state index in [2.05, 4.69) is 29.6 Å². The molecule has 2 N–H and O–H groups in total. The standard InChI is InChI=1S/C16H23NO2/c18-16(19)14-9-4-10-15(12-14)17-11-5-8-13-6-2-1-3-7-13/h1-3,6-7,14-15,17H,4-5,8-12H2,(H,18,19). The van der Waals surface area contributed by atoms with Crippen LogP contribution in [-0.4, -0.2) is 23.7 Å². The number of hydrogen-bond acceptors (Lipinski definition) is 2. The zero-order chi connectivity index (χ0) is 13.5. The van der Waals surface area contributed by atoms with Gasteiger partial charge >= 0.3 is 5.97 Å². The topological polar surface area (TPSA) is 49.3 Å². The number of nitrogens with one attached hydrogen (secondary N) is 1. The zero-order valence-corrected chi connectivity index (χ0v) is 11.3. The van der Waals surface area contributed by atoms with Crippen LogP contribution in [0.15, 0.2) is 30.3 Å². The summed E-state index contributed by atoms with van der Waals surface area (Å²) in [6.45, 7) is 0.978. The smallest absolute Gasteiger partial charge is 0.306 e. The monoisotopic (exact) mass is 261 g/mol. The van der Waals surface area contributed by atoms with E-state index in [1.807, 2.05) is 6.07 Å². The van der Waals surface area contributed by atoms with E-state index in [0.29, 0.717) is 6.04 Å². The van der Waals surface area contributed by atoms with Crippen molar-refractivity contribution in [1.82, 2.24) is 5.32 Å². The molecule has 3 heteroatoms. The largest absolute Gasteiger partial charge is 0.481 e. The summed E-state index contributed by atoms with van der Waals surface area (Å²) in [5, 5.41) is 12.6. The maximum absolute atomic E-state index is 11.0. The van der Waals surface area contributed by atoms with Crippen LogP contribution >= 0.6 is 0 Å². The van der Waals surface area contributed by atoms with Crippen LogP contribution in [0.2, 0.25) is 0 Å². The Bertz CT molecular complexity index is 391. The van der Waals surface area contributed by atoms with Crippen LogP contribution in [0.25, 0.3) is 0 Å². The lowest BCUT2D eigenvalue weighted by Gasteiger charge is -2.27. The molecule has 2 unspecified atom stereocenters. The molecule has 0 aliphatic heterocycles. The highest BCUT2D eigenvalue weighted by molar-refractivity contribution is 5.70. The van der Waals surface area contributed by atoms with Crippen molar-refractivity contribution in [2.24, 2.45) is 5.92 Å². The number of aliphatic carboxylic acids is 1. The molecule has 0 bridgehead atoms. The maximum Gasteiger partial charge on any atom is 0.306 e. The van der Waals surface area contributed by atoms with Crippen LogP contribution in [0, 0.1) is 5.92 Å². The highest BCUT2D eigenvalue weighted by Gasteiger charge is 2.26. The summed E-state index contributed by atoms with van der Waals surface area (Å²) in [7, 11) is 0. The Kier molecular flexibility index (Phi) is 5.40. The lowest BCUT2D eigenvalue weighted by molar-refractivity contribution is -0.143. The Morgan fingerprint density at radius 2 is 2.05 bits per heavy atom. The average Bonchev–Trinajstić information content (AvgIpc) is 2.45. The zero-order valence-electron chi connectivity index (χ0n) is 11.3. The summed E-state index contributed by atoms with van der Waals surface area (Å²) in [5.74, 6) is -0.767. The Morgan fingerprint density at radius 1 is 1.26 bits per heavy atom. The van der Waals surface area contributed by atoms with Crippen molar-refractivity contribution in [3.8, 4) is 0 Å². The Hall–Kier alpha value is -1.35. The molecule has 1 fully saturated rings. The van der Waals surface area contributed by atoms with Crippen molar-refractivity contribution in [3.63, 3.8) is 0 Å². The third-order valence-electron chi connectivity index (χ3n) is 3.94. The van der Waals surface area contributed by atoms with Crippen LogP contribution in [-0.2, 0) is 11.2 Å². The van der Waals surface area contributed by atoms with Crippen LogP contribution in [0.5, 0.6) is 0 Å². The number of hydrogen-bond donors (Lipinski definition) is 2. The van der Waals surface area contributed by atoms with Gasteiger partial charge in [-0.25, -0.2) is 0 Å². The molecule has 2 atom stereocenters. The van der Waals surface area contributed by atoms with Gasteiger partial charge in [0.25, 0.3) is 0 Å². The molecule has 0 amide bonds. The van der Waals surface area contributed by atoms with Gasteiger partial charge in [-0.05, 0) is 44.2 Å². The van der Waals surface area contributed by atoms with Gasteiger partial charge in [0.05, 0.1) is 5.92 Å². The number of rotatable bonds is 6. The van der Waals surface area contributed by atoms with Crippen LogP contribution < -0.4 is 5.32 Å². The minimum atomic E-state index is -0.629. The van der Waals surface area contributed by atoms with Crippen LogP contribution in [0.4, 0.5) is 0 Å². The Labute approximate surface area is 115 Å². The second-order valence-corrected chi connectivity index (χ2v) is 5.44. The summed E-state index contributed by atoms with van der Waals surface area (Å²) in [6.07, 6.45) is 5.99. The molecule has 0 spiro atoms. The molecule has 1 saturated carbocycles. The van der Waals surface area contributed by atoms with E-state index in [4.69, 9.17) is 5.11 Å². The highest BCUT2D eigenvalue weighted by atomic mass is 16.4. The van der Waals surface area contributed by atoms with E-state index < -0.39 is 5.97 Å². The molecule has 1 aromatic rings. The lowest BCUT2D eigenvalue weighted by atomic mass is 9.86. The number of carboxylic acids is 1. The second kappa shape index (κ2) is 7.29. The first-order valence-corrected chi connectivity index (χ1v) is 7.26. The molecule has 0 saturated heterocycles. The van der Waals surface area contributed by atoms with Gasteiger partial charge in [0.15, 0.2) is 0 Å². The summed E-state index contributed by atoms with van der Waals surface area (Å²) >= 11 is 0. The van der Waals surface area contributed by atoms with E-state index in [0.717, 1.165) is 45.1 Å². The van der Waals surface area contributed by atoms with Gasteiger partial charge in [-0.1, -0.05) is 36.8 Å². The summed E-state index contributed by atoms with van der Waals surface area (Å²) in [5.41, 5.74) is 1.37. The molecule has 2 rings (SSSR count). The first kappa shape index (κ1) is 14.1. The van der Waals surface area contributed by atoms with Crippen molar-refractivity contribution in [1.29, 1.82) is 0 Å². The minimum absolute atomic E-state index is 0.139. The molecule has 0 radical (unpaired) electrons. The van der Waals surface area contributed by atoms with Crippen LogP contribution in [0.3, 0.4) is 0 Å². The summed E-state index contributed by atoms with van der Waals surface area (Å²) in [4.78, 5) is 11.0. The van der Waals surface area contributed by atoms with Gasteiger partial charge < -0.3 is 10.4 Å². The highest BCUT2D eigenvalue weighted by Crippen LogP contribution is 2.24. The first-order valence-electron chi connectivity index (χ1n) is 7.26. The molecule has 0 heterocycles. The van der Waals surface area contributed by atoms with Gasteiger partial charge in [0.2, 0.25) is 0 Å². The van der Waals surface area contributed by atoms with Gasteiger partial charge in [0.1, 0.15) is 0 Å². The first-order chi connectivity index (χ1) is 9.25. The van der Waals surface area contributed by atoms with E-state index in [-0.39, 0.29) is 5.92 Å². The molecule has 19 heavy (non-hydrogen) atoms. The third kappa shape index (κ3) is 4.67. The van der Waals surface area contributed by atoms with Gasteiger partial charge in [-0.3, -0.25) is 4.79 Å². The molecule has 3 nitrogen and oxygen atoms in total. The van der Waals surface area contributed by atoms with Crippen molar-refractivity contribution in [3.05, 3.63) is 35.9 Å². The molecule has 1 aromatic carbocycles. The number of carbonyl (C=O) groups is 1. The van der Waals surface area contributed by atoms with E-state index in [1.54, 1.807) is 0 Å². The lowest BCUT2D eigenvalue weighted by Crippen LogP contribution is -2.37. The molecule has 1 aliphatic rings. The predicted octanol–water partition coefficient (Wildman–Crippen LogP) is 2.85. The number of aryl methyl sites for hydroxylation is 1. The Morgan fingerprint density at radius 3 is 2.79 bits per heavy atom. The van der Waals surface area contributed by atoms with E-state index >= 15 is 0 Å². The van der Waals surface area contributed by atoms with Gasteiger partial charge in [-0.15, -0.1) is 0 Å². The molecule has 0 aromatic heterocycles. The molecular weight excluding hydrogens is 238 g/mol. The van der Waals surface area contributed by atoms with Gasteiger partial charge in [-0.2, -0.15) is 0 Å². The molecule has 1 aliphatic carbocycles. The van der Waals surface area contributed by atoms with Crippen molar-refractivity contribution in [2.75, 3.05) is 6.54 Å². The maximum atomic E-state index is 11.0. The normalized spacial score (nSPS) is 23.2. The van der Waals surface area contributed by atoms with Crippen molar-refractivity contribution < 1.29 is 9.90 Å². The van der Waals surface area contributed by atoms with E-state index in [1.165, 1.54) is 5.56 Å². The Balaban J connectivity index is 1.64. The van der Waals surface area contributed by atoms with Crippen molar-refractivity contribution >= 4 is 5.97 Å². The number of benzene rings is 1. The third-order valence-corrected chi connectivity index (χ3v) is 3.94. The fourth-order valence-electron chi connectivity index (χ4n) is 2.84. The summed E-state index contributed by atoms with van der Waals surface area (Å²) in [6, 6.07) is 10.9. The fourth-order valence-corrected chi connectivity index (χ4v) is 2.84.